The fourth-order valence-electron chi connectivity index (χ4n) is 5.33. The van der Waals surface area contributed by atoms with Crippen molar-refractivity contribution in [3.63, 3.8) is 0 Å². The zero-order valence-electron chi connectivity index (χ0n) is 12.2. The van der Waals surface area contributed by atoms with Crippen LogP contribution in [0.3, 0.4) is 0 Å². The van der Waals surface area contributed by atoms with Gasteiger partial charge in [-0.05, 0) is 61.1 Å². The smallest absolute Gasteiger partial charge is 0.235 e. The minimum absolute atomic E-state index is 0.0434. The van der Waals surface area contributed by atoms with Gasteiger partial charge in [-0.3, -0.25) is 4.79 Å². The van der Waals surface area contributed by atoms with Crippen LogP contribution in [-0.2, 0) is 4.79 Å². The van der Waals surface area contributed by atoms with E-state index in [1.54, 1.807) is 6.07 Å². The van der Waals surface area contributed by atoms with Gasteiger partial charge in [-0.2, -0.15) is 0 Å². The average molecular weight is 324 g/mol. The van der Waals surface area contributed by atoms with E-state index in [9.17, 15) is 14.3 Å². The fraction of sp³-hybridized carbons (Fsp3) is 0.588. The molecule has 3 nitrogen and oxygen atoms in total. The fourth-order valence-corrected chi connectivity index (χ4v) is 5.40. The molecular formula is C17H19ClFNO2. The van der Waals surface area contributed by atoms with E-state index in [0.717, 1.165) is 17.5 Å². The lowest BCUT2D eigenvalue weighted by Crippen LogP contribution is -2.60. The van der Waals surface area contributed by atoms with Crippen molar-refractivity contribution in [1.29, 1.82) is 0 Å². The molecule has 2 fully saturated rings. The summed E-state index contributed by atoms with van der Waals surface area (Å²) in [5.41, 5.74) is 0.488. The van der Waals surface area contributed by atoms with E-state index in [2.05, 4.69) is 5.32 Å². The molecule has 1 aromatic rings. The lowest BCUT2D eigenvalue weighted by atomic mass is 9.60. The summed E-state index contributed by atoms with van der Waals surface area (Å²) in [5.74, 6) is -0.433. The van der Waals surface area contributed by atoms with E-state index in [0.29, 0.717) is 25.7 Å². The third-order valence-corrected chi connectivity index (χ3v) is 5.90. The van der Waals surface area contributed by atoms with Crippen LogP contribution in [0.25, 0.3) is 0 Å². The highest BCUT2D eigenvalue weighted by atomic mass is 35.5. The third kappa shape index (κ3) is 2.08. The number of hydrogen-bond acceptors (Lipinski definition) is 2. The Balaban J connectivity index is 1.82. The van der Waals surface area contributed by atoms with Gasteiger partial charge in [0.05, 0.1) is 5.60 Å². The molecule has 4 unspecified atom stereocenters. The highest BCUT2D eigenvalue weighted by Gasteiger charge is 2.57. The molecule has 0 radical (unpaired) electrons. The van der Waals surface area contributed by atoms with Gasteiger partial charge in [0.25, 0.3) is 0 Å². The molecule has 0 aliphatic heterocycles. The molecule has 118 valence electrons. The van der Waals surface area contributed by atoms with Gasteiger partial charge in [-0.1, -0.05) is 12.1 Å². The van der Waals surface area contributed by atoms with Crippen LogP contribution in [0.15, 0.2) is 18.2 Å². The number of alkyl halides is 1. The second-order valence-corrected chi connectivity index (χ2v) is 7.58. The van der Waals surface area contributed by atoms with Crippen molar-refractivity contribution in [2.45, 2.75) is 55.1 Å². The molecule has 4 atom stereocenters. The van der Waals surface area contributed by atoms with Gasteiger partial charge < -0.3 is 10.4 Å². The molecule has 2 saturated carbocycles. The Kier molecular flexibility index (Phi) is 3.08. The van der Waals surface area contributed by atoms with Crippen molar-refractivity contribution in [2.24, 2.45) is 0 Å². The average Bonchev–Trinajstić information content (AvgIpc) is 2.58. The van der Waals surface area contributed by atoms with Gasteiger partial charge in [-0.15, -0.1) is 11.6 Å². The third-order valence-electron chi connectivity index (χ3n) is 5.66. The first-order valence-corrected chi connectivity index (χ1v) is 8.35. The number of benzene rings is 1. The highest BCUT2D eigenvalue weighted by Crippen LogP contribution is 2.59. The minimum atomic E-state index is -0.823. The van der Waals surface area contributed by atoms with Gasteiger partial charge in [0.1, 0.15) is 11.7 Å². The molecule has 5 rings (SSSR count). The summed E-state index contributed by atoms with van der Waals surface area (Å²) in [6.07, 6.45) is 3.22. The first-order valence-electron chi connectivity index (χ1n) is 7.81. The standard InChI is InChI=1S/C17H19ClFNO2/c18-8-14(21)20-16-4-10-6-17(22,9-16)7-11(5-16)15-12(10)2-1-3-13(15)19/h1-3,10-11,22H,4-9H2,(H,20,21). The summed E-state index contributed by atoms with van der Waals surface area (Å²) in [5, 5.41) is 14.0. The van der Waals surface area contributed by atoms with Crippen molar-refractivity contribution in [3.05, 3.63) is 35.1 Å². The van der Waals surface area contributed by atoms with Gasteiger partial charge in [0.2, 0.25) is 5.91 Å². The Hall–Kier alpha value is -1.13. The molecule has 0 saturated heterocycles. The molecule has 1 amide bonds. The summed E-state index contributed by atoms with van der Waals surface area (Å²) in [6, 6.07) is 5.22. The van der Waals surface area contributed by atoms with Crippen molar-refractivity contribution < 1.29 is 14.3 Å². The predicted octanol–water partition coefficient (Wildman–Crippen LogP) is 2.81. The van der Waals surface area contributed by atoms with Gasteiger partial charge in [0.15, 0.2) is 0 Å². The maximum Gasteiger partial charge on any atom is 0.235 e. The normalized spacial score (nSPS) is 38.5. The molecule has 2 N–H and O–H groups in total. The summed E-state index contributed by atoms with van der Waals surface area (Å²) in [7, 11) is 0. The van der Waals surface area contributed by atoms with Crippen LogP contribution in [0.4, 0.5) is 4.39 Å². The van der Waals surface area contributed by atoms with Crippen LogP contribution in [0.1, 0.15) is 55.1 Å². The lowest BCUT2D eigenvalue weighted by Gasteiger charge is -2.52. The molecule has 5 heteroatoms. The zero-order valence-corrected chi connectivity index (χ0v) is 13.0. The van der Waals surface area contributed by atoms with Crippen LogP contribution in [0.5, 0.6) is 0 Å². The lowest BCUT2D eigenvalue weighted by molar-refractivity contribution is -0.126. The Labute approximate surface area is 133 Å². The first kappa shape index (κ1) is 14.5. The molecule has 0 aromatic heterocycles. The second-order valence-electron chi connectivity index (χ2n) is 7.32. The second kappa shape index (κ2) is 4.68. The number of carbonyl (C=O) groups is 1. The topological polar surface area (TPSA) is 49.3 Å². The Morgan fingerprint density at radius 1 is 1.32 bits per heavy atom. The summed E-state index contributed by atoms with van der Waals surface area (Å²) < 4.78 is 14.4. The van der Waals surface area contributed by atoms with Gasteiger partial charge in [-0.25, -0.2) is 4.39 Å². The van der Waals surface area contributed by atoms with Crippen molar-refractivity contribution in [2.75, 3.05) is 5.88 Å². The molecule has 22 heavy (non-hydrogen) atoms. The number of nitrogens with one attached hydrogen (secondary N) is 1. The van der Waals surface area contributed by atoms with Crippen molar-refractivity contribution in [3.8, 4) is 0 Å². The maximum atomic E-state index is 14.4. The van der Waals surface area contributed by atoms with Crippen LogP contribution < -0.4 is 5.32 Å². The van der Waals surface area contributed by atoms with Crippen molar-refractivity contribution >= 4 is 17.5 Å². The quantitative estimate of drug-likeness (QED) is 0.822. The molecule has 4 aliphatic carbocycles. The van der Waals surface area contributed by atoms with Crippen LogP contribution >= 0.6 is 11.6 Å². The SMILES string of the molecule is O=C(CCl)NC12CC3CC(O)(CC(C1)c1c(F)cccc13)C2. The number of aliphatic hydroxyl groups is 1. The number of carbonyl (C=O) groups excluding carboxylic acids is 1. The molecular weight excluding hydrogens is 305 g/mol. The van der Waals surface area contributed by atoms with E-state index in [4.69, 9.17) is 11.6 Å². The van der Waals surface area contributed by atoms with E-state index in [-0.39, 0.29) is 29.4 Å². The van der Waals surface area contributed by atoms with Gasteiger partial charge in [0, 0.05) is 5.54 Å². The number of hydrogen-bond donors (Lipinski definition) is 2. The molecule has 4 aliphatic rings. The first-order chi connectivity index (χ1) is 10.4. The summed E-state index contributed by atoms with van der Waals surface area (Å²) in [6.45, 7) is 0. The van der Waals surface area contributed by atoms with Crippen LogP contribution in [-0.4, -0.2) is 28.0 Å². The van der Waals surface area contributed by atoms with Gasteiger partial charge >= 0.3 is 0 Å². The minimum Gasteiger partial charge on any atom is -0.390 e. The van der Waals surface area contributed by atoms with E-state index < -0.39 is 11.1 Å². The van der Waals surface area contributed by atoms with E-state index in [1.165, 1.54) is 6.07 Å². The summed E-state index contributed by atoms with van der Waals surface area (Å²) >= 11 is 5.65. The summed E-state index contributed by atoms with van der Waals surface area (Å²) in [4.78, 5) is 11.9. The molecule has 4 bridgehead atoms. The zero-order chi connectivity index (χ0) is 15.5. The number of halogens is 2. The van der Waals surface area contributed by atoms with Crippen LogP contribution in [0.2, 0.25) is 0 Å². The monoisotopic (exact) mass is 323 g/mol. The van der Waals surface area contributed by atoms with Crippen molar-refractivity contribution in [1.82, 2.24) is 5.32 Å². The number of rotatable bonds is 2. The Morgan fingerprint density at radius 3 is 2.82 bits per heavy atom. The maximum absolute atomic E-state index is 14.4. The van der Waals surface area contributed by atoms with Crippen LogP contribution in [0, 0.1) is 5.82 Å². The highest BCUT2D eigenvalue weighted by molar-refractivity contribution is 6.27. The predicted molar refractivity (Wildman–Crippen MR) is 81.5 cm³/mol. The molecule has 0 spiro atoms. The Morgan fingerprint density at radius 2 is 2.05 bits per heavy atom. The molecule has 1 aromatic carbocycles. The number of amides is 1. The molecule has 0 heterocycles. The largest absolute Gasteiger partial charge is 0.390 e. The van der Waals surface area contributed by atoms with E-state index >= 15 is 0 Å². The van der Waals surface area contributed by atoms with E-state index in [1.807, 2.05) is 6.07 Å². The Bertz CT molecular complexity index is 652.